The van der Waals surface area contributed by atoms with E-state index in [1.807, 2.05) is 18.4 Å². The molecule has 0 spiro atoms. The zero-order valence-electron chi connectivity index (χ0n) is 13.3. The summed E-state index contributed by atoms with van der Waals surface area (Å²) in [7, 11) is 0. The fourth-order valence-corrected chi connectivity index (χ4v) is 2.49. The SMILES string of the molecule is CSNc1cccc(C(=O)OCC(=O)Nc2nc3ccccc3o2)c1. The van der Waals surface area contributed by atoms with Crippen molar-refractivity contribution in [2.24, 2.45) is 0 Å². The Morgan fingerprint density at radius 1 is 1.20 bits per heavy atom. The van der Waals surface area contributed by atoms with Gasteiger partial charge in [0, 0.05) is 11.9 Å². The Labute approximate surface area is 147 Å². The average Bonchev–Trinajstić information content (AvgIpc) is 3.02. The van der Waals surface area contributed by atoms with Gasteiger partial charge in [0.1, 0.15) is 5.52 Å². The van der Waals surface area contributed by atoms with Gasteiger partial charge in [0.2, 0.25) is 0 Å². The molecule has 0 saturated carbocycles. The molecule has 1 heterocycles. The van der Waals surface area contributed by atoms with Crippen LogP contribution >= 0.6 is 11.9 Å². The first-order valence-corrected chi connectivity index (χ1v) is 8.60. The van der Waals surface area contributed by atoms with Crippen molar-refractivity contribution in [2.75, 3.05) is 22.9 Å². The summed E-state index contributed by atoms with van der Waals surface area (Å²) < 4.78 is 13.4. The maximum absolute atomic E-state index is 12.0. The van der Waals surface area contributed by atoms with E-state index in [0.29, 0.717) is 16.7 Å². The van der Waals surface area contributed by atoms with Crippen LogP contribution in [-0.2, 0) is 9.53 Å². The third kappa shape index (κ3) is 4.30. The quantitative estimate of drug-likeness (QED) is 0.516. The smallest absolute Gasteiger partial charge is 0.338 e. The lowest BCUT2D eigenvalue weighted by molar-refractivity contribution is -0.119. The van der Waals surface area contributed by atoms with E-state index in [4.69, 9.17) is 9.15 Å². The van der Waals surface area contributed by atoms with Crippen LogP contribution in [0.2, 0.25) is 0 Å². The normalized spacial score (nSPS) is 10.4. The van der Waals surface area contributed by atoms with Gasteiger partial charge in [-0.1, -0.05) is 30.1 Å². The molecule has 2 N–H and O–H groups in total. The second-order valence-corrected chi connectivity index (χ2v) is 5.61. The van der Waals surface area contributed by atoms with Gasteiger partial charge < -0.3 is 13.9 Å². The predicted molar refractivity (Wildman–Crippen MR) is 96.5 cm³/mol. The molecule has 0 unspecified atom stereocenters. The zero-order chi connectivity index (χ0) is 17.6. The van der Waals surface area contributed by atoms with Gasteiger partial charge in [0.05, 0.1) is 5.56 Å². The van der Waals surface area contributed by atoms with Gasteiger partial charge in [-0.2, -0.15) is 4.98 Å². The van der Waals surface area contributed by atoms with Gasteiger partial charge in [-0.3, -0.25) is 10.1 Å². The minimum absolute atomic E-state index is 0.0633. The molecule has 0 aliphatic heterocycles. The molecule has 3 rings (SSSR count). The first-order valence-electron chi connectivity index (χ1n) is 7.37. The molecule has 1 amide bonds. The van der Waals surface area contributed by atoms with Gasteiger partial charge in [0.25, 0.3) is 5.91 Å². The number of nitrogens with one attached hydrogen (secondary N) is 2. The number of nitrogens with zero attached hydrogens (tertiary/aromatic N) is 1. The minimum atomic E-state index is -0.586. The van der Waals surface area contributed by atoms with E-state index >= 15 is 0 Å². The Morgan fingerprint density at radius 3 is 2.84 bits per heavy atom. The van der Waals surface area contributed by atoms with Crippen LogP contribution in [-0.4, -0.2) is 29.7 Å². The number of fused-ring (bicyclic) bond motifs is 1. The number of ether oxygens (including phenoxy) is 1. The second-order valence-electron chi connectivity index (χ2n) is 5.00. The molecule has 0 fully saturated rings. The van der Waals surface area contributed by atoms with Crippen LogP contribution in [0.25, 0.3) is 11.1 Å². The predicted octanol–water partition coefficient (Wildman–Crippen LogP) is 3.31. The maximum Gasteiger partial charge on any atom is 0.338 e. The fraction of sp³-hybridized carbons (Fsp3) is 0.118. The summed E-state index contributed by atoms with van der Waals surface area (Å²) in [4.78, 5) is 28.0. The van der Waals surface area contributed by atoms with E-state index in [1.54, 1.807) is 36.4 Å². The third-order valence-electron chi connectivity index (χ3n) is 3.19. The fourth-order valence-electron chi connectivity index (χ4n) is 2.12. The van der Waals surface area contributed by atoms with E-state index in [1.165, 1.54) is 11.9 Å². The first kappa shape index (κ1) is 16.8. The number of hydrogen-bond donors (Lipinski definition) is 2. The Morgan fingerprint density at radius 2 is 2.04 bits per heavy atom. The van der Waals surface area contributed by atoms with Crippen molar-refractivity contribution in [3.63, 3.8) is 0 Å². The van der Waals surface area contributed by atoms with Crippen LogP contribution in [0.15, 0.2) is 52.9 Å². The number of hydrogen-bond acceptors (Lipinski definition) is 7. The summed E-state index contributed by atoms with van der Waals surface area (Å²) >= 11 is 1.41. The highest BCUT2D eigenvalue weighted by molar-refractivity contribution is 7.99. The highest BCUT2D eigenvalue weighted by atomic mass is 32.2. The highest BCUT2D eigenvalue weighted by Gasteiger charge is 2.13. The van der Waals surface area contributed by atoms with Crippen LogP contribution in [0.5, 0.6) is 0 Å². The monoisotopic (exact) mass is 357 g/mol. The number of para-hydroxylation sites is 2. The van der Waals surface area contributed by atoms with Crippen LogP contribution in [0, 0.1) is 0 Å². The van der Waals surface area contributed by atoms with E-state index in [9.17, 15) is 9.59 Å². The second kappa shape index (κ2) is 7.71. The summed E-state index contributed by atoms with van der Waals surface area (Å²) in [5, 5.41) is 2.46. The molecule has 3 aromatic rings. The van der Waals surface area contributed by atoms with Crippen LogP contribution in [0.3, 0.4) is 0 Å². The number of amides is 1. The molecule has 0 bridgehead atoms. The lowest BCUT2D eigenvalue weighted by atomic mass is 10.2. The van der Waals surface area contributed by atoms with Gasteiger partial charge in [-0.15, -0.1) is 0 Å². The number of rotatable bonds is 6. The Bertz CT molecular complexity index is 877. The molecular formula is C17H15N3O4S. The van der Waals surface area contributed by atoms with Gasteiger partial charge in [-0.25, -0.2) is 4.79 Å². The van der Waals surface area contributed by atoms with Crippen LogP contribution < -0.4 is 10.0 Å². The molecule has 0 aliphatic rings. The summed E-state index contributed by atoms with van der Waals surface area (Å²) in [6.07, 6.45) is 1.88. The number of benzene rings is 2. The number of oxazole rings is 1. The molecule has 2 aromatic carbocycles. The standard InChI is InChI=1S/C17H15N3O4S/c1-25-20-12-6-4-5-11(9-12)16(22)23-10-15(21)19-17-18-13-7-2-3-8-14(13)24-17/h2-9,20H,10H2,1H3,(H,18,19,21). The van der Waals surface area contributed by atoms with Gasteiger partial charge in [-0.05, 0) is 30.3 Å². The molecule has 0 aliphatic carbocycles. The topological polar surface area (TPSA) is 93.5 Å². The Kier molecular flexibility index (Phi) is 5.20. The van der Waals surface area contributed by atoms with E-state index in [-0.39, 0.29) is 6.01 Å². The van der Waals surface area contributed by atoms with Gasteiger partial charge in [0.15, 0.2) is 12.2 Å². The highest BCUT2D eigenvalue weighted by Crippen LogP contribution is 2.18. The van der Waals surface area contributed by atoms with Crippen LogP contribution in [0.1, 0.15) is 10.4 Å². The number of carbonyl (C=O) groups excluding carboxylic acids is 2. The molecule has 0 radical (unpaired) electrons. The Balaban J connectivity index is 1.56. The molecule has 128 valence electrons. The lowest BCUT2D eigenvalue weighted by Crippen LogP contribution is -2.21. The summed E-state index contributed by atoms with van der Waals surface area (Å²) in [5.41, 5.74) is 2.33. The summed E-state index contributed by atoms with van der Waals surface area (Å²) in [6.45, 7) is -0.433. The van der Waals surface area contributed by atoms with E-state index < -0.39 is 18.5 Å². The molecule has 7 nitrogen and oxygen atoms in total. The van der Waals surface area contributed by atoms with Crippen molar-refractivity contribution in [1.82, 2.24) is 4.98 Å². The van der Waals surface area contributed by atoms with Crippen molar-refractivity contribution in [3.05, 3.63) is 54.1 Å². The number of anilines is 2. The maximum atomic E-state index is 12.0. The molecule has 0 atom stereocenters. The minimum Gasteiger partial charge on any atom is -0.452 e. The van der Waals surface area contributed by atoms with Crippen molar-refractivity contribution in [2.45, 2.75) is 0 Å². The van der Waals surface area contributed by atoms with Crippen molar-refractivity contribution < 1.29 is 18.7 Å². The van der Waals surface area contributed by atoms with Crippen molar-refractivity contribution >= 4 is 46.6 Å². The molecule has 1 aromatic heterocycles. The third-order valence-corrected chi connectivity index (χ3v) is 3.63. The average molecular weight is 357 g/mol. The Hall–Kier alpha value is -3.00. The molecule has 0 saturated heterocycles. The summed E-state index contributed by atoms with van der Waals surface area (Å²) in [6, 6.07) is 14.0. The first-order chi connectivity index (χ1) is 12.2. The van der Waals surface area contributed by atoms with Crippen LogP contribution in [0.4, 0.5) is 11.7 Å². The van der Waals surface area contributed by atoms with Crippen molar-refractivity contribution in [1.29, 1.82) is 0 Å². The largest absolute Gasteiger partial charge is 0.452 e. The lowest BCUT2D eigenvalue weighted by Gasteiger charge is -2.06. The van der Waals surface area contributed by atoms with Gasteiger partial charge >= 0.3 is 12.0 Å². The van der Waals surface area contributed by atoms with E-state index in [0.717, 1.165) is 5.69 Å². The number of esters is 1. The zero-order valence-corrected chi connectivity index (χ0v) is 14.1. The number of carbonyl (C=O) groups is 2. The molecule has 8 heteroatoms. The molecular weight excluding hydrogens is 342 g/mol. The molecule has 25 heavy (non-hydrogen) atoms. The van der Waals surface area contributed by atoms with Crippen molar-refractivity contribution in [3.8, 4) is 0 Å². The number of aromatic nitrogens is 1. The van der Waals surface area contributed by atoms with E-state index in [2.05, 4.69) is 15.0 Å². The summed E-state index contributed by atoms with van der Waals surface area (Å²) in [5.74, 6) is -1.12.